The lowest BCUT2D eigenvalue weighted by atomic mass is 10.0. The van der Waals surface area contributed by atoms with E-state index in [1.807, 2.05) is 0 Å². The lowest BCUT2D eigenvalue weighted by Crippen LogP contribution is -2.52. The van der Waals surface area contributed by atoms with Crippen LogP contribution in [0.2, 0.25) is 0 Å². The topological polar surface area (TPSA) is 18.5 Å². The summed E-state index contributed by atoms with van der Waals surface area (Å²) >= 11 is 0. The Morgan fingerprint density at radius 3 is 2.40 bits per heavy atom. The Bertz CT molecular complexity index is 395. The summed E-state index contributed by atoms with van der Waals surface area (Å²) in [6, 6.07) is 9.67. The molecule has 2 rings (SSSR count). The first kappa shape index (κ1) is 15.2. The number of benzene rings is 1. The van der Waals surface area contributed by atoms with Crippen molar-refractivity contribution in [1.29, 1.82) is 0 Å². The normalized spacial score (nSPS) is 19.4. The van der Waals surface area contributed by atoms with Gasteiger partial charge >= 0.3 is 0 Å². The molecule has 1 N–H and O–H groups in total. The molecule has 112 valence electrons. The van der Waals surface area contributed by atoms with E-state index in [0.717, 1.165) is 32.7 Å². The Morgan fingerprint density at radius 2 is 1.85 bits per heavy atom. The van der Waals surface area contributed by atoms with E-state index in [2.05, 4.69) is 67.1 Å². The Hall–Kier alpha value is -1.22. The van der Waals surface area contributed by atoms with Gasteiger partial charge in [-0.25, -0.2) is 0 Å². The molecule has 0 saturated carbocycles. The van der Waals surface area contributed by atoms with Gasteiger partial charge in [-0.1, -0.05) is 13.8 Å². The van der Waals surface area contributed by atoms with Crippen molar-refractivity contribution in [2.45, 2.75) is 33.7 Å². The third-order valence-electron chi connectivity index (χ3n) is 4.35. The largest absolute Gasteiger partial charge is 0.372 e. The van der Waals surface area contributed by atoms with E-state index in [-0.39, 0.29) is 0 Å². The van der Waals surface area contributed by atoms with Gasteiger partial charge in [0.1, 0.15) is 0 Å². The second-order valence-electron chi connectivity index (χ2n) is 5.94. The SMILES string of the molecule is CCN(CC)c1ccc(N2CCNC(C(C)C)C2)cc1. The first-order valence-corrected chi connectivity index (χ1v) is 7.99. The average Bonchev–Trinajstić information content (AvgIpc) is 2.49. The van der Waals surface area contributed by atoms with Crippen LogP contribution in [0.1, 0.15) is 27.7 Å². The van der Waals surface area contributed by atoms with Crippen LogP contribution < -0.4 is 15.1 Å². The zero-order chi connectivity index (χ0) is 14.5. The summed E-state index contributed by atoms with van der Waals surface area (Å²) in [6.45, 7) is 14.5. The highest BCUT2D eigenvalue weighted by Crippen LogP contribution is 2.22. The molecule has 1 atom stereocenters. The second kappa shape index (κ2) is 6.98. The van der Waals surface area contributed by atoms with Gasteiger partial charge in [0.15, 0.2) is 0 Å². The zero-order valence-corrected chi connectivity index (χ0v) is 13.4. The minimum atomic E-state index is 0.603. The zero-order valence-electron chi connectivity index (χ0n) is 13.4. The average molecular weight is 275 g/mol. The molecule has 1 aliphatic rings. The minimum Gasteiger partial charge on any atom is -0.372 e. The third-order valence-corrected chi connectivity index (χ3v) is 4.35. The fraction of sp³-hybridized carbons (Fsp3) is 0.647. The van der Waals surface area contributed by atoms with Gasteiger partial charge < -0.3 is 15.1 Å². The summed E-state index contributed by atoms with van der Waals surface area (Å²) in [7, 11) is 0. The minimum absolute atomic E-state index is 0.603. The fourth-order valence-corrected chi connectivity index (χ4v) is 2.92. The predicted molar refractivity (Wildman–Crippen MR) is 88.8 cm³/mol. The summed E-state index contributed by atoms with van der Waals surface area (Å²) in [5.41, 5.74) is 2.68. The van der Waals surface area contributed by atoms with Gasteiger partial charge in [0, 0.05) is 50.1 Å². The molecule has 1 unspecified atom stereocenters. The standard InChI is InChI=1S/C17H29N3/c1-5-19(6-2)15-7-9-16(10-8-15)20-12-11-18-17(13-20)14(3)4/h7-10,14,17-18H,5-6,11-13H2,1-4H3. The van der Waals surface area contributed by atoms with Crippen LogP contribution in [0, 0.1) is 5.92 Å². The maximum atomic E-state index is 3.62. The van der Waals surface area contributed by atoms with Crippen molar-refractivity contribution in [3.05, 3.63) is 24.3 Å². The molecule has 0 bridgehead atoms. The van der Waals surface area contributed by atoms with Crippen LogP contribution in [0.3, 0.4) is 0 Å². The monoisotopic (exact) mass is 275 g/mol. The van der Waals surface area contributed by atoms with Crippen molar-refractivity contribution in [2.75, 3.05) is 42.5 Å². The van der Waals surface area contributed by atoms with E-state index in [9.17, 15) is 0 Å². The molecular formula is C17H29N3. The van der Waals surface area contributed by atoms with Crippen LogP contribution in [0.4, 0.5) is 11.4 Å². The van der Waals surface area contributed by atoms with E-state index in [1.54, 1.807) is 0 Å². The molecule has 0 radical (unpaired) electrons. The van der Waals surface area contributed by atoms with Gasteiger partial charge in [0.25, 0.3) is 0 Å². The smallest absolute Gasteiger partial charge is 0.0368 e. The van der Waals surface area contributed by atoms with E-state index < -0.39 is 0 Å². The van der Waals surface area contributed by atoms with E-state index in [4.69, 9.17) is 0 Å². The highest BCUT2D eigenvalue weighted by Gasteiger charge is 2.21. The number of nitrogens with zero attached hydrogens (tertiary/aromatic N) is 2. The quantitative estimate of drug-likeness (QED) is 0.891. The van der Waals surface area contributed by atoms with Crippen LogP contribution >= 0.6 is 0 Å². The van der Waals surface area contributed by atoms with Crippen LogP contribution in [-0.2, 0) is 0 Å². The summed E-state index contributed by atoms with van der Waals surface area (Å²) in [5, 5.41) is 3.62. The molecule has 1 saturated heterocycles. The number of piperazine rings is 1. The molecule has 0 spiro atoms. The highest BCUT2D eigenvalue weighted by molar-refractivity contribution is 5.56. The highest BCUT2D eigenvalue weighted by atomic mass is 15.2. The van der Waals surface area contributed by atoms with Gasteiger partial charge in [-0.05, 0) is 44.0 Å². The van der Waals surface area contributed by atoms with E-state index in [1.165, 1.54) is 11.4 Å². The molecule has 0 aliphatic carbocycles. The lowest BCUT2D eigenvalue weighted by Gasteiger charge is -2.37. The number of rotatable bonds is 5. The van der Waals surface area contributed by atoms with Gasteiger partial charge in [-0.2, -0.15) is 0 Å². The van der Waals surface area contributed by atoms with Crippen molar-refractivity contribution in [2.24, 2.45) is 5.92 Å². The maximum absolute atomic E-state index is 3.62. The second-order valence-corrected chi connectivity index (χ2v) is 5.94. The third kappa shape index (κ3) is 3.45. The van der Waals surface area contributed by atoms with Gasteiger partial charge in [0.2, 0.25) is 0 Å². The molecule has 3 heteroatoms. The number of hydrogen-bond acceptors (Lipinski definition) is 3. The molecule has 1 heterocycles. The summed E-state index contributed by atoms with van der Waals surface area (Å²) in [5.74, 6) is 0.688. The Balaban J connectivity index is 2.05. The summed E-state index contributed by atoms with van der Waals surface area (Å²) in [6.07, 6.45) is 0. The van der Waals surface area contributed by atoms with Crippen molar-refractivity contribution >= 4 is 11.4 Å². The Kier molecular flexibility index (Phi) is 5.30. The Morgan fingerprint density at radius 1 is 1.20 bits per heavy atom. The van der Waals surface area contributed by atoms with Crippen molar-refractivity contribution in [3.63, 3.8) is 0 Å². The number of anilines is 2. The molecule has 1 aromatic carbocycles. The van der Waals surface area contributed by atoms with Crippen molar-refractivity contribution < 1.29 is 0 Å². The summed E-state index contributed by atoms with van der Waals surface area (Å²) < 4.78 is 0. The van der Waals surface area contributed by atoms with Crippen LogP contribution in [0.25, 0.3) is 0 Å². The predicted octanol–water partition coefficient (Wildman–Crippen LogP) is 2.97. The molecule has 1 aromatic rings. The van der Waals surface area contributed by atoms with Crippen LogP contribution in [0.5, 0.6) is 0 Å². The molecular weight excluding hydrogens is 246 g/mol. The Labute approximate surface area is 124 Å². The van der Waals surface area contributed by atoms with E-state index in [0.29, 0.717) is 12.0 Å². The first-order chi connectivity index (χ1) is 9.65. The molecule has 1 fully saturated rings. The lowest BCUT2D eigenvalue weighted by molar-refractivity contribution is 0.368. The maximum Gasteiger partial charge on any atom is 0.0368 e. The molecule has 1 aliphatic heterocycles. The molecule has 3 nitrogen and oxygen atoms in total. The van der Waals surface area contributed by atoms with Gasteiger partial charge in [-0.3, -0.25) is 0 Å². The van der Waals surface area contributed by atoms with E-state index >= 15 is 0 Å². The van der Waals surface area contributed by atoms with Crippen LogP contribution in [-0.4, -0.2) is 38.8 Å². The number of hydrogen-bond donors (Lipinski definition) is 1. The molecule has 0 amide bonds. The fourth-order valence-electron chi connectivity index (χ4n) is 2.92. The van der Waals surface area contributed by atoms with Gasteiger partial charge in [-0.15, -0.1) is 0 Å². The first-order valence-electron chi connectivity index (χ1n) is 7.99. The number of nitrogens with one attached hydrogen (secondary N) is 1. The summed E-state index contributed by atoms with van der Waals surface area (Å²) in [4.78, 5) is 4.89. The van der Waals surface area contributed by atoms with Crippen molar-refractivity contribution in [1.82, 2.24) is 5.32 Å². The van der Waals surface area contributed by atoms with Crippen LogP contribution in [0.15, 0.2) is 24.3 Å². The molecule has 0 aromatic heterocycles. The van der Waals surface area contributed by atoms with Gasteiger partial charge in [0.05, 0.1) is 0 Å². The molecule has 20 heavy (non-hydrogen) atoms. The van der Waals surface area contributed by atoms with Crippen molar-refractivity contribution in [3.8, 4) is 0 Å².